The van der Waals surface area contributed by atoms with Gasteiger partial charge in [0.1, 0.15) is 0 Å². The molecule has 2 aromatic carbocycles. The number of nitrogens with two attached hydrogens (primary N) is 1. The largest absolute Gasteiger partial charge is 0.454 e. The van der Waals surface area contributed by atoms with Gasteiger partial charge in [0.25, 0.3) is 5.91 Å². The Bertz CT molecular complexity index is 962. The first-order valence-corrected chi connectivity index (χ1v) is 9.85. The topological polar surface area (TPSA) is 120 Å². The molecular weight excluding hydrogens is 406 g/mol. The van der Waals surface area contributed by atoms with Crippen LogP contribution in [0.15, 0.2) is 41.3 Å². The summed E-state index contributed by atoms with van der Waals surface area (Å²) < 4.78 is 37.4. The third-order valence-corrected chi connectivity index (χ3v) is 5.34. The van der Waals surface area contributed by atoms with E-state index in [1.165, 1.54) is 24.3 Å². The first-order chi connectivity index (χ1) is 12.8. The van der Waals surface area contributed by atoms with Gasteiger partial charge in [-0.2, -0.15) is 0 Å². The maximum atomic E-state index is 12.4. The number of carbonyl (C=O) groups is 1. The van der Waals surface area contributed by atoms with Crippen molar-refractivity contribution >= 4 is 39.7 Å². The molecule has 0 aliphatic carbocycles. The Balaban J connectivity index is 0.00000280. The number of hydrogen-bond acceptors (Lipinski definition) is 6. The predicted octanol–water partition coefficient (Wildman–Crippen LogP) is 2.61. The number of fused-ring (bicyclic) bond motifs is 1. The fourth-order valence-corrected chi connectivity index (χ4v) is 3.62. The van der Waals surface area contributed by atoms with Crippen LogP contribution >= 0.6 is 12.4 Å². The second kappa shape index (κ2) is 8.68. The van der Waals surface area contributed by atoms with Crippen molar-refractivity contribution in [2.45, 2.75) is 18.7 Å². The molecule has 3 rings (SSSR count). The van der Waals surface area contributed by atoms with Crippen LogP contribution in [0, 0.1) is 5.92 Å². The van der Waals surface area contributed by atoms with Crippen molar-refractivity contribution in [2.75, 3.05) is 24.4 Å². The zero-order chi connectivity index (χ0) is 19.6. The summed E-state index contributed by atoms with van der Waals surface area (Å²) in [6, 6.07) is 8.84. The van der Waals surface area contributed by atoms with E-state index < -0.39 is 15.9 Å². The summed E-state index contributed by atoms with van der Waals surface area (Å²) in [5.41, 5.74) is 6.95. The van der Waals surface area contributed by atoms with Crippen LogP contribution in [0.4, 0.5) is 11.4 Å². The fraction of sp³-hybridized carbons (Fsp3) is 0.278. The predicted molar refractivity (Wildman–Crippen MR) is 109 cm³/mol. The van der Waals surface area contributed by atoms with Crippen LogP contribution in [0.1, 0.15) is 24.2 Å². The van der Waals surface area contributed by atoms with E-state index in [1.807, 2.05) is 13.8 Å². The third kappa shape index (κ3) is 4.86. The first-order valence-electron chi connectivity index (χ1n) is 8.36. The molecule has 0 bridgehead atoms. The molecule has 8 nitrogen and oxygen atoms in total. The van der Waals surface area contributed by atoms with E-state index in [-0.39, 0.29) is 30.0 Å². The minimum atomic E-state index is -3.60. The van der Waals surface area contributed by atoms with Crippen LogP contribution in [0.2, 0.25) is 0 Å². The molecular formula is C18H22ClN3O5S. The number of benzene rings is 2. The summed E-state index contributed by atoms with van der Waals surface area (Å²) in [6.45, 7) is 4.27. The van der Waals surface area contributed by atoms with Crippen LogP contribution in [0.3, 0.4) is 0 Å². The minimum absolute atomic E-state index is 0. The Morgan fingerprint density at radius 1 is 1.14 bits per heavy atom. The summed E-state index contributed by atoms with van der Waals surface area (Å²) in [5.74, 6) is 0.794. The van der Waals surface area contributed by atoms with Crippen LogP contribution in [0.25, 0.3) is 0 Å². The summed E-state index contributed by atoms with van der Waals surface area (Å²) in [4.78, 5) is 12.5. The number of hydrogen-bond donors (Lipinski definition) is 3. The molecule has 10 heteroatoms. The molecule has 0 spiro atoms. The van der Waals surface area contributed by atoms with Crippen molar-refractivity contribution in [3.8, 4) is 11.5 Å². The van der Waals surface area contributed by atoms with Gasteiger partial charge in [0.2, 0.25) is 16.8 Å². The van der Waals surface area contributed by atoms with Crippen molar-refractivity contribution < 1.29 is 22.7 Å². The molecule has 0 saturated carbocycles. The van der Waals surface area contributed by atoms with Crippen LogP contribution in [-0.4, -0.2) is 27.7 Å². The maximum absolute atomic E-state index is 12.4. The quantitative estimate of drug-likeness (QED) is 0.609. The minimum Gasteiger partial charge on any atom is -0.454 e. The highest BCUT2D eigenvalue weighted by Gasteiger charge is 2.19. The van der Waals surface area contributed by atoms with Gasteiger partial charge in [-0.15, -0.1) is 12.4 Å². The van der Waals surface area contributed by atoms with E-state index in [2.05, 4.69) is 10.0 Å². The number of nitrogen functional groups attached to an aromatic ring is 1. The van der Waals surface area contributed by atoms with Gasteiger partial charge in [0.15, 0.2) is 11.5 Å². The van der Waals surface area contributed by atoms with Crippen molar-refractivity contribution in [1.82, 2.24) is 4.72 Å². The first kappa shape index (κ1) is 21.8. The van der Waals surface area contributed by atoms with Gasteiger partial charge in [0.05, 0.1) is 16.3 Å². The molecule has 2 aromatic rings. The molecule has 0 unspecified atom stereocenters. The van der Waals surface area contributed by atoms with Crippen molar-refractivity contribution in [3.05, 3.63) is 42.0 Å². The Morgan fingerprint density at radius 3 is 2.36 bits per heavy atom. The van der Waals surface area contributed by atoms with Crippen molar-refractivity contribution in [3.63, 3.8) is 0 Å². The number of carbonyl (C=O) groups excluding carboxylic acids is 1. The average Bonchev–Trinajstić information content (AvgIpc) is 3.07. The molecule has 0 radical (unpaired) electrons. The van der Waals surface area contributed by atoms with Crippen molar-refractivity contribution in [2.24, 2.45) is 5.92 Å². The molecule has 0 saturated heterocycles. The molecule has 1 aliphatic rings. The molecule has 1 heterocycles. The monoisotopic (exact) mass is 427 g/mol. The fourth-order valence-electron chi connectivity index (χ4n) is 2.41. The van der Waals surface area contributed by atoms with Gasteiger partial charge in [-0.05, 0) is 30.2 Å². The summed E-state index contributed by atoms with van der Waals surface area (Å²) in [7, 11) is -3.60. The maximum Gasteiger partial charge on any atom is 0.255 e. The number of amides is 1. The number of nitrogens with one attached hydrogen (secondary N) is 2. The standard InChI is InChI=1S/C18H21N3O5S.ClH/c1-11(2)9-20-27(23,24)13-5-3-12(4-6-13)18(22)21-15-8-17-16(7-14(15)19)25-10-26-17;/h3-8,11,20H,9-10,19H2,1-2H3,(H,21,22);1H. The van der Waals surface area contributed by atoms with Gasteiger partial charge in [-0.25, -0.2) is 13.1 Å². The highest BCUT2D eigenvalue weighted by Crippen LogP contribution is 2.38. The second-order valence-corrected chi connectivity index (χ2v) is 8.28. The van der Waals surface area contributed by atoms with Crippen LogP contribution < -0.4 is 25.2 Å². The molecule has 0 atom stereocenters. The smallest absolute Gasteiger partial charge is 0.255 e. The second-order valence-electron chi connectivity index (χ2n) is 6.52. The lowest BCUT2D eigenvalue weighted by Crippen LogP contribution is -2.27. The zero-order valence-corrected chi connectivity index (χ0v) is 17.0. The van der Waals surface area contributed by atoms with E-state index in [0.717, 1.165) is 0 Å². The average molecular weight is 428 g/mol. The third-order valence-electron chi connectivity index (χ3n) is 3.90. The van der Waals surface area contributed by atoms with Gasteiger partial charge < -0.3 is 20.5 Å². The Morgan fingerprint density at radius 2 is 1.75 bits per heavy atom. The number of anilines is 2. The zero-order valence-electron chi connectivity index (χ0n) is 15.4. The van der Waals surface area contributed by atoms with Crippen LogP contribution in [-0.2, 0) is 10.0 Å². The van der Waals surface area contributed by atoms with Gasteiger partial charge in [-0.3, -0.25) is 4.79 Å². The Hall–Kier alpha value is -2.49. The lowest BCUT2D eigenvalue weighted by Gasteiger charge is -2.11. The van der Waals surface area contributed by atoms with E-state index in [9.17, 15) is 13.2 Å². The number of ether oxygens (including phenoxy) is 2. The summed E-state index contributed by atoms with van der Waals surface area (Å²) in [6.07, 6.45) is 0. The highest BCUT2D eigenvalue weighted by atomic mass is 35.5. The number of sulfonamides is 1. The van der Waals surface area contributed by atoms with E-state index >= 15 is 0 Å². The molecule has 28 heavy (non-hydrogen) atoms. The lowest BCUT2D eigenvalue weighted by atomic mass is 10.2. The van der Waals surface area contributed by atoms with E-state index in [1.54, 1.807) is 12.1 Å². The van der Waals surface area contributed by atoms with E-state index in [4.69, 9.17) is 15.2 Å². The van der Waals surface area contributed by atoms with E-state index in [0.29, 0.717) is 35.0 Å². The lowest BCUT2D eigenvalue weighted by molar-refractivity contribution is 0.102. The molecule has 1 aliphatic heterocycles. The van der Waals surface area contributed by atoms with Crippen LogP contribution in [0.5, 0.6) is 11.5 Å². The summed E-state index contributed by atoms with van der Waals surface area (Å²) in [5, 5.41) is 2.69. The van der Waals surface area contributed by atoms with Gasteiger partial charge >= 0.3 is 0 Å². The summed E-state index contributed by atoms with van der Waals surface area (Å²) >= 11 is 0. The highest BCUT2D eigenvalue weighted by molar-refractivity contribution is 7.89. The van der Waals surface area contributed by atoms with Crippen molar-refractivity contribution in [1.29, 1.82) is 0 Å². The molecule has 1 amide bonds. The SMILES string of the molecule is CC(C)CNS(=O)(=O)c1ccc(C(=O)Nc2cc3c(cc2N)OCO3)cc1.Cl. The number of halogens is 1. The Kier molecular flexibility index (Phi) is 6.76. The number of rotatable bonds is 6. The molecule has 0 fully saturated rings. The normalized spacial score (nSPS) is 12.5. The molecule has 0 aromatic heterocycles. The molecule has 152 valence electrons. The molecule has 4 N–H and O–H groups in total. The Labute approximate surface area is 169 Å². The van der Waals surface area contributed by atoms with Gasteiger partial charge in [0, 0.05) is 24.2 Å². The van der Waals surface area contributed by atoms with Gasteiger partial charge in [-0.1, -0.05) is 13.8 Å².